The summed E-state index contributed by atoms with van der Waals surface area (Å²) in [7, 11) is 0. The fourth-order valence-electron chi connectivity index (χ4n) is 2.66. The van der Waals surface area contributed by atoms with Crippen LogP contribution in [0.2, 0.25) is 0 Å². The van der Waals surface area contributed by atoms with Gasteiger partial charge in [0.05, 0.1) is 0 Å². The predicted octanol–water partition coefficient (Wildman–Crippen LogP) is 3.57. The van der Waals surface area contributed by atoms with Gasteiger partial charge in [-0.1, -0.05) is 31.0 Å². The fraction of sp³-hybridized carbons (Fsp3) is 0.562. The number of thiol groups is 1. The molecule has 2 rings (SSSR count). The smallest absolute Gasteiger partial charge is 0.254 e. The molecule has 0 saturated heterocycles. The third kappa shape index (κ3) is 4.00. The van der Waals surface area contributed by atoms with E-state index in [1.54, 1.807) is 0 Å². The maximum atomic E-state index is 12.5. The molecule has 104 valence electrons. The number of aryl methyl sites for hydroxylation is 1. The van der Waals surface area contributed by atoms with Crippen molar-refractivity contribution in [2.24, 2.45) is 0 Å². The van der Waals surface area contributed by atoms with Crippen molar-refractivity contribution < 1.29 is 4.79 Å². The Morgan fingerprint density at radius 1 is 1.11 bits per heavy atom. The van der Waals surface area contributed by atoms with Crippen LogP contribution in [0.1, 0.15) is 48.0 Å². The van der Waals surface area contributed by atoms with Crippen molar-refractivity contribution in [1.82, 2.24) is 4.90 Å². The van der Waals surface area contributed by atoms with E-state index in [4.69, 9.17) is 0 Å². The van der Waals surface area contributed by atoms with Crippen LogP contribution >= 0.6 is 12.6 Å². The molecule has 0 fully saturated rings. The molecule has 0 aliphatic carbocycles. The highest BCUT2D eigenvalue weighted by Gasteiger charge is 2.21. The van der Waals surface area contributed by atoms with Crippen LogP contribution in [0.3, 0.4) is 0 Å². The van der Waals surface area contributed by atoms with Crippen molar-refractivity contribution in [3.05, 3.63) is 35.4 Å². The highest BCUT2D eigenvalue weighted by Crippen LogP contribution is 2.19. The van der Waals surface area contributed by atoms with Gasteiger partial charge in [0.15, 0.2) is 0 Å². The lowest BCUT2D eigenvalue weighted by molar-refractivity contribution is 0.0758. The molecular weight excluding hydrogens is 254 g/mol. The molecule has 0 spiro atoms. The Balaban J connectivity index is 1.90. The number of unbranched alkanes of at least 4 members (excludes halogenated alkanes) is 3. The lowest BCUT2D eigenvalue weighted by atomic mass is 10.0. The summed E-state index contributed by atoms with van der Waals surface area (Å²) in [4.78, 5) is 14.5. The molecule has 2 nitrogen and oxygen atoms in total. The highest BCUT2D eigenvalue weighted by atomic mass is 32.1. The Morgan fingerprint density at radius 2 is 1.89 bits per heavy atom. The largest absolute Gasteiger partial charge is 0.339 e. The lowest BCUT2D eigenvalue weighted by Gasteiger charge is -2.20. The molecule has 0 N–H and O–H groups in total. The number of amides is 1. The SMILES string of the molecule is O=C1c2ccccc2CCCN1CCCCCCS. The first-order valence-corrected chi connectivity index (χ1v) is 7.94. The van der Waals surface area contributed by atoms with Crippen molar-refractivity contribution in [3.63, 3.8) is 0 Å². The van der Waals surface area contributed by atoms with Crippen LogP contribution in [-0.4, -0.2) is 29.6 Å². The van der Waals surface area contributed by atoms with E-state index in [-0.39, 0.29) is 5.91 Å². The van der Waals surface area contributed by atoms with Crippen molar-refractivity contribution in [1.29, 1.82) is 0 Å². The molecule has 0 radical (unpaired) electrons. The summed E-state index contributed by atoms with van der Waals surface area (Å²) in [5, 5.41) is 0. The average molecular weight is 277 g/mol. The van der Waals surface area contributed by atoms with Gasteiger partial charge >= 0.3 is 0 Å². The summed E-state index contributed by atoms with van der Waals surface area (Å²) in [6.45, 7) is 1.81. The Kier molecular flexibility index (Phi) is 5.77. The third-order valence-corrected chi connectivity index (χ3v) is 4.06. The monoisotopic (exact) mass is 277 g/mol. The molecule has 1 amide bonds. The van der Waals surface area contributed by atoms with E-state index in [9.17, 15) is 4.79 Å². The summed E-state index contributed by atoms with van der Waals surface area (Å²) < 4.78 is 0. The van der Waals surface area contributed by atoms with Gasteiger partial charge in [0.25, 0.3) is 5.91 Å². The molecule has 1 aromatic carbocycles. The Hall–Kier alpha value is -0.960. The first-order valence-electron chi connectivity index (χ1n) is 7.31. The van der Waals surface area contributed by atoms with Gasteiger partial charge in [-0.25, -0.2) is 0 Å². The van der Waals surface area contributed by atoms with Gasteiger partial charge in [-0.15, -0.1) is 0 Å². The van der Waals surface area contributed by atoms with E-state index < -0.39 is 0 Å². The van der Waals surface area contributed by atoms with Crippen LogP contribution in [0.4, 0.5) is 0 Å². The molecule has 0 bridgehead atoms. The van der Waals surface area contributed by atoms with Crippen LogP contribution < -0.4 is 0 Å². The molecule has 1 aliphatic rings. The van der Waals surface area contributed by atoms with Gasteiger partial charge in [-0.2, -0.15) is 12.6 Å². The van der Waals surface area contributed by atoms with Gasteiger partial charge in [0, 0.05) is 18.7 Å². The molecule has 19 heavy (non-hydrogen) atoms. The number of hydrogen-bond acceptors (Lipinski definition) is 2. The molecule has 0 saturated carbocycles. The lowest BCUT2D eigenvalue weighted by Crippen LogP contribution is -2.31. The topological polar surface area (TPSA) is 20.3 Å². The summed E-state index contributed by atoms with van der Waals surface area (Å²) in [6.07, 6.45) is 6.83. The molecule has 3 heteroatoms. The summed E-state index contributed by atoms with van der Waals surface area (Å²) in [5.74, 6) is 1.19. The van der Waals surface area contributed by atoms with Crippen molar-refractivity contribution >= 4 is 18.5 Å². The summed E-state index contributed by atoms with van der Waals surface area (Å²) >= 11 is 4.22. The average Bonchev–Trinajstić information content (AvgIpc) is 2.59. The van der Waals surface area contributed by atoms with E-state index in [0.717, 1.165) is 43.7 Å². The predicted molar refractivity (Wildman–Crippen MR) is 83.0 cm³/mol. The molecule has 1 heterocycles. The third-order valence-electron chi connectivity index (χ3n) is 3.75. The number of hydrogen-bond donors (Lipinski definition) is 1. The molecule has 0 unspecified atom stereocenters. The second-order valence-corrected chi connectivity index (χ2v) is 5.64. The normalized spacial score (nSPS) is 15.2. The summed E-state index contributed by atoms with van der Waals surface area (Å²) in [5.41, 5.74) is 2.13. The minimum Gasteiger partial charge on any atom is -0.339 e. The molecular formula is C16H23NOS. The van der Waals surface area contributed by atoms with Crippen LogP contribution in [0.25, 0.3) is 0 Å². The van der Waals surface area contributed by atoms with E-state index in [2.05, 4.69) is 18.7 Å². The molecule has 1 aliphatic heterocycles. The quantitative estimate of drug-likeness (QED) is 0.622. The number of benzene rings is 1. The van der Waals surface area contributed by atoms with Crippen molar-refractivity contribution in [3.8, 4) is 0 Å². The van der Waals surface area contributed by atoms with Gasteiger partial charge in [-0.05, 0) is 43.1 Å². The van der Waals surface area contributed by atoms with Crippen molar-refractivity contribution in [2.45, 2.75) is 38.5 Å². The minimum atomic E-state index is 0.224. The summed E-state index contributed by atoms with van der Waals surface area (Å²) in [6, 6.07) is 8.05. The number of carbonyl (C=O) groups is 1. The van der Waals surface area contributed by atoms with Crippen LogP contribution in [0.5, 0.6) is 0 Å². The van der Waals surface area contributed by atoms with E-state index in [0.29, 0.717) is 0 Å². The fourth-order valence-corrected chi connectivity index (χ4v) is 2.88. The van der Waals surface area contributed by atoms with Gasteiger partial charge < -0.3 is 4.90 Å². The maximum Gasteiger partial charge on any atom is 0.254 e. The van der Waals surface area contributed by atoms with Gasteiger partial charge in [0.2, 0.25) is 0 Å². The highest BCUT2D eigenvalue weighted by molar-refractivity contribution is 7.80. The molecule has 0 atom stereocenters. The maximum absolute atomic E-state index is 12.5. The first-order chi connectivity index (χ1) is 9.33. The Morgan fingerprint density at radius 3 is 2.74 bits per heavy atom. The number of rotatable bonds is 6. The standard InChI is InChI=1S/C16H23NOS/c18-16-15-10-4-3-8-14(15)9-7-12-17(16)11-5-1-2-6-13-19/h3-4,8,10,19H,1-2,5-7,9,11-13H2. The van der Waals surface area contributed by atoms with E-state index >= 15 is 0 Å². The van der Waals surface area contributed by atoms with Crippen molar-refractivity contribution in [2.75, 3.05) is 18.8 Å². The molecule has 0 aromatic heterocycles. The first kappa shape index (κ1) is 14.4. The van der Waals surface area contributed by atoms with Crippen LogP contribution in [-0.2, 0) is 6.42 Å². The van der Waals surface area contributed by atoms with Crippen LogP contribution in [0.15, 0.2) is 24.3 Å². The number of fused-ring (bicyclic) bond motifs is 1. The number of nitrogens with zero attached hydrogens (tertiary/aromatic N) is 1. The van der Waals surface area contributed by atoms with E-state index in [1.807, 2.05) is 23.1 Å². The second kappa shape index (κ2) is 7.59. The Bertz CT molecular complexity index is 419. The zero-order valence-corrected chi connectivity index (χ0v) is 12.4. The molecule has 1 aromatic rings. The van der Waals surface area contributed by atoms with Crippen LogP contribution in [0, 0.1) is 0 Å². The minimum absolute atomic E-state index is 0.224. The number of carbonyl (C=O) groups excluding carboxylic acids is 1. The van der Waals surface area contributed by atoms with E-state index in [1.165, 1.54) is 24.8 Å². The second-order valence-electron chi connectivity index (χ2n) is 5.19. The Labute approximate surface area is 121 Å². The zero-order chi connectivity index (χ0) is 13.5. The van der Waals surface area contributed by atoms with Gasteiger partial charge in [0.1, 0.15) is 0 Å². The zero-order valence-electron chi connectivity index (χ0n) is 11.5. The van der Waals surface area contributed by atoms with Gasteiger partial charge in [-0.3, -0.25) is 4.79 Å².